The third-order valence-corrected chi connectivity index (χ3v) is 5.72. The fourth-order valence-electron chi connectivity index (χ4n) is 3.62. The van der Waals surface area contributed by atoms with Crippen LogP contribution in [0.1, 0.15) is 43.2 Å². The van der Waals surface area contributed by atoms with Crippen LogP contribution in [0.15, 0.2) is 51.5 Å². The van der Waals surface area contributed by atoms with E-state index in [9.17, 15) is 4.79 Å². The van der Waals surface area contributed by atoms with Crippen molar-refractivity contribution in [2.45, 2.75) is 51.7 Å². The summed E-state index contributed by atoms with van der Waals surface area (Å²) in [4.78, 5) is 17.0. The number of carbonyl (C=O) groups excluding carboxylic acids is 1. The normalized spacial score (nSPS) is 14.1. The molecular weight excluding hydrogens is 446 g/mol. The van der Waals surface area contributed by atoms with Crippen molar-refractivity contribution in [2.75, 3.05) is 0 Å². The van der Waals surface area contributed by atoms with Crippen LogP contribution in [0.5, 0.6) is 5.75 Å². The summed E-state index contributed by atoms with van der Waals surface area (Å²) < 4.78 is 12.2. The summed E-state index contributed by atoms with van der Waals surface area (Å²) >= 11 is 3.43. The zero-order valence-corrected chi connectivity index (χ0v) is 18.4. The summed E-state index contributed by atoms with van der Waals surface area (Å²) in [6.45, 7) is 2.09. The molecule has 1 amide bonds. The van der Waals surface area contributed by atoms with Gasteiger partial charge in [0, 0.05) is 10.0 Å². The molecule has 156 valence electrons. The largest absolute Gasteiger partial charge is 0.481 e. The zero-order chi connectivity index (χ0) is 20.9. The molecule has 0 saturated heterocycles. The van der Waals surface area contributed by atoms with E-state index in [4.69, 9.17) is 9.26 Å². The average Bonchev–Trinajstić information content (AvgIpc) is 3.25. The molecule has 6 nitrogen and oxygen atoms in total. The summed E-state index contributed by atoms with van der Waals surface area (Å²) in [5.74, 6) is 1.38. The van der Waals surface area contributed by atoms with Gasteiger partial charge in [-0.1, -0.05) is 46.2 Å². The molecule has 1 aromatic heterocycles. The summed E-state index contributed by atoms with van der Waals surface area (Å²) in [6.07, 6.45) is 4.65. The molecule has 4 rings (SSSR count). The van der Waals surface area contributed by atoms with Gasteiger partial charge < -0.3 is 14.6 Å². The number of aryl methyl sites for hydroxylation is 2. The molecule has 1 aliphatic rings. The number of rotatable bonds is 7. The Kier molecular flexibility index (Phi) is 6.47. The molecule has 1 atom stereocenters. The molecule has 2 aromatic carbocycles. The van der Waals surface area contributed by atoms with Crippen LogP contribution in [0.2, 0.25) is 0 Å². The van der Waals surface area contributed by atoms with E-state index in [-0.39, 0.29) is 12.5 Å². The van der Waals surface area contributed by atoms with Crippen LogP contribution in [0, 0.1) is 0 Å². The minimum atomic E-state index is -0.570. The number of benzene rings is 2. The smallest absolute Gasteiger partial charge is 0.261 e. The van der Waals surface area contributed by atoms with Gasteiger partial charge >= 0.3 is 0 Å². The number of nitrogens with one attached hydrogen (secondary N) is 1. The number of nitrogens with zero attached hydrogens (tertiary/aromatic N) is 2. The first kappa shape index (κ1) is 20.6. The molecule has 1 N–H and O–H groups in total. The lowest BCUT2D eigenvalue weighted by Crippen LogP contribution is -2.37. The van der Waals surface area contributed by atoms with Crippen molar-refractivity contribution < 1.29 is 14.1 Å². The number of ether oxygens (including phenoxy) is 1. The summed E-state index contributed by atoms with van der Waals surface area (Å²) in [5.41, 5.74) is 3.57. The third-order valence-electron chi connectivity index (χ3n) is 5.23. The van der Waals surface area contributed by atoms with Gasteiger partial charge in [0.25, 0.3) is 5.91 Å². The van der Waals surface area contributed by atoms with Crippen molar-refractivity contribution in [1.29, 1.82) is 0 Å². The molecular formula is C23H24BrN3O3. The van der Waals surface area contributed by atoms with E-state index in [2.05, 4.69) is 43.5 Å². The maximum Gasteiger partial charge on any atom is 0.261 e. The molecule has 0 aliphatic heterocycles. The molecule has 0 spiro atoms. The topological polar surface area (TPSA) is 77.2 Å². The van der Waals surface area contributed by atoms with Gasteiger partial charge in [-0.3, -0.25) is 4.79 Å². The fraction of sp³-hybridized carbons (Fsp3) is 0.348. The van der Waals surface area contributed by atoms with Gasteiger partial charge in [-0.15, -0.1) is 0 Å². The lowest BCUT2D eigenvalue weighted by atomic mass is 9.92. The second kappa shape index (κ2) is 9.43. The molecule has 0 saturated carbocycles. The molecule has 0 unspecified atom stereocenters. The van der Waals surface area contributed by atoms with Crippen LogP contribution >= 0.6 is 15.9 Å². The van der Waals surface area contributed by atoms with Crippen LogP contribution in [0.25, 0.3) is 11.4 Å². The van der Waals surface area contributed by atoms with Gasteiger partial charge in [0.1, 0.15) is 5.75 Å². The van der Waals surface area contributed by atoms with Crippen molar-refractivity contribution in [2.24, 2.45) is 0 Å². The van der Waals surface area contributed by atoms with Gasteiger partial charge in [-0.25, -0.2) is 0 Å². The standard InChI is InChI=1S/C23H24BrN3O3/c1-2-20(29-19-11-10-15-6-3-4-7-16(15)13-19)23(28)25-14-21-26-22(27-30-21)17-8-5-9-18(24)12-17/h5,8-13,20H,2-4,6-7,14H2,1H3,(H,25,28)/t20-/m0/s1. The van der Waals surface area contributed by atoms with Crippen LogP contribution in [0.3, 0.4) is 0 Å². The number of amides is 1. The Labute approximate surface area is 184 Å². The number of fused-ring (bicyclic) bond motifs is 1. The number of hydrogen-bond donors (Lipinski definition) is 1. The number of aromatic nitrogens is 2. The summed E-state index contributed by atoms with van der Waals surface area (Å²) in [6, 6.07) is 13.8. The summed E-state index contributed by atoms with van der Waals surface area (Å²) in [7, 11) is 0. The van der Waals surface area contributed by atoms with Gasteiger partial charge in [-0.05, 0) is 67.5 Å². The van der Waals surface area contributed by atoms with E-state index in [1.54, 1.807) is 0 Å². The molecule has 0 fully saturated rings. The van der Waals surface area contributed by atoms with E-state index >= 15 is 0 Å². The Morgan fingerprint density at radius 1 is 1.20 bits per heavy atom. The van der Waals surface area contributed by atoms with E-state index < -0.39 is 6.10 Å². The summed E-state index contributed by atoms with van der Waals surface area (Å²) in [5, 5.41) is 6.83. The van der Waals surface area contributed by atoms with E-state index in [0.717, 1.165) is 28.6 Å². The SMILES string of the molecule is CC[C@H](Oc1ccc2c(c1)CCCC2)C(=O)NCc1nc(-c2cccc(Br)c2)no1. The Morgan fingerprint density at radius 2 is 2.03 bits per heavy atom. The van der Waals surface area contributed by atoms with Crippen molar-refractivity contribution in [3.05, 3.63) is 64.0 Å². The molecule has 1 heterocycles. The molecule has 3 aromatic rings. The first-order valence-electron chi connectivity index (χ1n) is 10.3. The molecule has 7 heteroatoms. The maximum absolute atomic E-state index is 12.6. The van der Waals surface area contributed by atoms with Crippen molar-refractivity contribution >= 4 is 21.8 Å². The second-order valence-electron chi connectivity index (χ2n) is 7.39. The minimum Gasteiger partial charge on any atom is -0.481 e. The monoisotopic (exact) mass is 469 g/mol. The van der Waals surface area contributed by atoms with Gasteiger partial charge in [-0.2, -0.15) is 4.98 Å². The highest BCUT2D eigenvalue weighted by atomic mass is 79.9. The highest BCUT2D eigenvalue weighted by molar-refractivity contribution is 9.10. The maximum atomic E-state index is 12.6. The minimum absolute atomic E-state index is 0.157. The highest BCUT2D eigenvalue weighted by Crippen LogP contribution is 2.26. The van der Waals surface area contributed by atoms with Crippen LogP contribution < -0.4 is 10.1 Å². The predicted octanol–water partition coefficient (Wildman–Crippen LogP) is 4.85. The van der Waals surface area contributed by atoms with Crippen molar-refractivity contribution in [1.82, 2.24) is 15.5 Å². The van der Waals surface area contributed by atoms with Crippen LogP contribution in [-0.2, 0) is 24.2 Å². The lowest BCUT2D eigenvalue weighted by Gasteiger charge is -2.20. The number of halogens is 1. The molecule has 30 heavy (non-hydrogen) atoms. The molecule has 0 bridgehead atoms. The lowest BCUT2D eigenvalue weighted by molar-refractivity contribution is -0.128. The van der Waals surface area contributed by atoms with Gasteiger partial charge in [0.2, 0.25) is 11.7 Å². The van der Waals surface area contributed by atoms with E-state index in [0.29, 0.717) is 18.1 Å². The zero-order valence-electron chi connectivity index (χ0n) is 16.9. The first-order valence-corrected chi connectivity index (χ1v) is 11.1. The Morgan fingerprint density at radius 3 is 2.83 bits per heavy atom. The van der Waals surface area contributed by atoms with Gasteiger partial charge in [0.05, 0.1) is 6.54 Å². The Hall–Kier alpha value is -2.67. The third kappa shape index (κ3) is 4.90. The first-order chi connectivity index (χ1) is 14.6. The average molecular weight is 470 g/mol. The van der Waals surface area contributed by atoms with E-state index in [1.165, 1.54) is 24.0 Å². The predicted molar refractivity (Wildman–Crippen MR) is 117 cm³/mol. The van der Waals surface area contributed by atoms with Crippen LogP contribution in [0.4, 0.5) is 0 Å². The fourth-order valence-corrected chi connectivity index (χ4v) is 4.02. The highest BCUT2D eigenvalue weighted by Gasteiger charge is 2.20. The number of hydrogen-bond acceptors (Lipinski definition) is 5. The number of carbonyl (C=O) groups is 1. The second-order valence-corrected chi connectivity index (χ2v) is 8.31. The Balaban J connectivity index is 1.36. The van der Waals surface area contributed by atoms with Crippen LogP contribution in [-0.4, -0.2) is 22.2 Å². The van der Waals surface area contributed by atoms with Crippen molar-refractivity contribution in [3.8, 4) is 17.1 Å². The quantitative estimate of drug-likeness (QED) is 0.534. The molecule has 0 radical (unpaired) electrons. The molecule has 1 aliphatic carbocycles. The van der Waals surface area contributed by atoms with Crippen molar-refractivity contribution in [3.63, 3.8) is 0 Å². The van der Waals surface area contributed by atoms with Gasteiger partial charge in [0.15, 0.2) is 6.10 Å². The Bertz CT molecular complexity index is 1030. The van der Waals surface area contributed by atoms with E-state index in [1.807, 2.05) is 37.3 Å².